The summed E-state index contributed by atoms with van der Waals surface area (Å²) in [7, 11) is 3.22. The summed E-state index contributed by atoms with van der Waals surface area (Å²) in [5, 5.41) is 2.97. The van der Waals surface area contributed by atoms with Gasteiger partial charge < -0.3 is 24.4 Å². The van der Waals surface area contributed by atoms with Crippen molar-refractivity contribution in [1.82, 2.24) is 10.2 Å². The van der Waals surface area contributed by atoms with E-state index in [1.54, 1.807) is 26.0 Å². The fraction of sp³-hybridized carbons (Fsp3) is 0.462. The molecule has 2 rings (SSSR count). The minimum absolute atomic E-state index is 0.0966. The Hall–Kier alpha value is -3.22. The van der Waals surface area contributed by atoms with E-state index in [0.29, 0.717) is 19.6 Å². The molecule has 0 aromatic heterocycles. The number of hydrogen-bond acceptors (Lipinski definition) is 5. The maximum atomic E-state index is 13.1. The van der Waals surface area contributed by atoms with E-state index >= 15 is 0 Å². The molecule has 1 atom stereocenters. The molecule has 33 heavy (non-hydrogen) atoms. The lowest BCUT2D eigenvalue weighted by Crippen LogP contribution is -2.52. The number of benzene rings is 2. The summed E-state index contributed by atoms with van der Waals surface area (Å²) in [5.74, 6) is 1.94. The fourth-order valence-corrected chi connectivity index (χ4v) is 3.21. The highest BCUT2D eigenvalue weighted by molar-refractivity contribution is 5.87. The number of rotatable bonds is 11. The summed E-state index contributed by atoms with van der Waals surface area (Å²) < 4.78 is 16.1. The van der Waals surface area contributed by atoms with Crippen molar-refractivity contribution in [3.05, 3.63) is 54.1 Å². The van der Waals surface area contributed by atoms with Gasteiger partial charge in [0.2, 0.25) is 11.8 Å². The van der Waals surface area contributed by atoms with Gasteiger partial charge in [0.15, 0.2) is 0 Å². The Morgan fingerprint density at radius 3 is 1.94 bits per heavy atom. The van der Waals surface area contributed by atoms with Crippen LogP contribution in [0.3, 0.4) is 0 Å². The van der Waals surface area contributed by atoms with Crippen LogP contribution in [0.4, 0.5) is 0 Å². The van der Waals surface area contributed by atoms with Crippen LogP contribution in [-0.4, -0.2) is 49.1 Å². The zero-order chi connectivity index (χ0) is 24.4. The van der Waals surface area contributed by atoms with Gasteiger partial charge in [-0.15, -0.1) is 0 Å². The van der Waals surface area contributed by atoms with Gasteiger partial charge in [0.05, 0.1) is 20.8 Å². The Kier molecular flexibility index (Phi) is 9.57. The lowest BCUT2D eigenvalue weighted by atomic mass is 10.1. The van der Waals surface area contributed by atoms with E-state index in [0.717, 1.165) is 22.8 Å². The maximum Gasteiger partial charge on any atom is 0.242 e. The van der Waals surface area contributed by atoms with Crippen LogP contribution in [0.15, 0.2) is 48.5 Å². The van der Waals surface area contributed by atoms with Crippen molar-refractivity contribution >= 4 is 11.8 Å². The van der Waals surface area contributed by atoms with Crippen molar-refractivity contribution in [2.45, 2.75) is 58.7 Å². The lowest BCUT2D eigenvalue weighted by Gasteiger charge is -2.31. The van der Waals surface area contributed by atoms with Crippen LogP contribution < -0.4 is 19.5 Å². The van der Waals surface area contributed by atoms with Crippen LogP contribution in [0.25, 0.3) is 0 Å². The minimum atomic E-state index is -0.610. The smallest absolute Gasteiger partial charge is 0.242 e. The zero-order valence-corrected chi connectivity index (χ0v) is 20.5. The van der Waals surface area contributed by atoms with Gasteiger partial charge in [-0.1, -0.05) is 12.1 Å². The average molecular weight is 457 g/mol. The Morgan fingerprint density at radius 2 is 1.42 bits per heavy atom. The summed E-state index contributed by atoms with van der Waals surface area (Å²) in [4.78, 5) is 27.6. The second-order valence-electron chi connectivity index (χ2n) is 8.91. The van der Waals surface area contributed by atoms with Crippen LogP contribution >= 0.6 is 0 Å². The molecule has 0 aliphatic heterocycles. The van der Waals surface area contributed by atoms with E-state index in [1.807, 2.05) is 69.3 Å². The van der Waals surface area contributed by atoms with E-state index in [-0.39, 0.29) is 23.8 Å². The van der Waals surface area contributed by atoms with Crippen molar-refractivity contribution in [3.63, 3.8) is 0 Å². The van der Waals surface area contributed by atoms with Crippen molar-refractivity contribution in [2.75, 3.05) is 20.8 Å². The van der Waals surface area contributed by atoms with E-state index < -0.39 is 6.04 Å². The van der Waals surface area contributed by atoms with Gasteiger partial charge in [-0.05, 0) is 76.1 Å². The predicted molar refractivity (Wildman–Crippen MR) is 129 cm³/mol. The molecule has 0 aliphatic rings. The quantitative estimate of drug-likeness (QED) is 0.513. The molecular formula is C26H36N2O5. The Balaban J connectivity index is 2.01. The number of ether oxygens (including phenoxy) is 3. The van der Waals surface area contributed by atoms with E-state index in [9.17, 15) is 9.59 Å². The number of methoxy groups -OCH3 is 2. The molecule has 2 aromatic carbocycles. The molecule has 0 fully saturated rings. The number of nitrogens with zero attached hydrogens (tertiary/aromatic N) is 1. The minimum Gasteiger partial charge on any atom is -0.497 e. The highest BCUT2D eigenvalue weighted by Gasteiger charge is 2.28. The molecule has 7 heteroatoms. The third kappa shape index (κ3) is 8.67. The molecular weight excluding hydrogens is 420 g/mol. The molecule has 0 bridgehead atoms. The summed E-state index contributed by atoms with van der Waals surface area (Å²) in [6, 6.07) is 14.2. The second-order valence-corrected chi connectivity index (χ2v) is 8.91. The molecule has 0 radical (unpaired) electrons. The molecule has 0 aliphatic carbocycles. The molecule has 0 unspecified atom stereocenters. The van der Waals surface area contributed by atoms with Crippen molar-refractivity contribution < 1.29 is 23.8 Å². The Morgan fingerprint density at radius 1 is 0.909 bits per heavy atom. The molecule has 0 heterocycles. The van der Waals surface area contributed by atoms with Gasteiger partial charge in [0.25, 0.3) is 0 Å². The first-order chi connectivity index (χ1) is 15.6. The third-order valence-corrected chi connectivity index (χ3v) is 5.04. The average Bonchev–Trinajstić information content (AvgIpc) is 2.79. The van der Waals surface area contributed by atoms with Crippen LogP contribution in [0.1, 0.15) is 46.1 Å². The molecule has 0 spiro atoms. The summed E-state index contributed by atoms with van der Waals surface area (Å²) in [6.45, 7) is 8.26. The zero-order valence-electron chi connectivity index (χ0n) is 20.5. The van der Waals surface area contributed by atoms with Crippen LogP contribution in [0, 0.1) is 0 Å². The first kappa shape index (κ1) is 26.0. The van der Waals surface area contributed by atoms with Crippen molar-refractivity contribution in [1.29, 1.82) is 0 Å². The van der Waals surface area contributed by atoms with E-state index in [1.165, 1.54) is 0 Å². The maximum absolute atomic E-state index is 13.1. The van der Waals surface area contributed by atoms with Gasteiger partial charge in [-0.2, -0.15) is 0 Å². The van der Waals surface area contributed by atoms with Crippen molar-refractivity contribution in [3.8, 4) is 17.2 Å². The topological polar surface area (TPSA) is 77.1 Å². The SMILES string of the molecule is COc1ccc(CN(C(=O)CCCOc2ccc(OC)cc2)[C@@H](C)C(=O)NC(C)(C)C)cc1. The molecule has 2 aromatic rings. The molecule has 180 valence electrons. The highest BCUT2D eigenvalue weighted by Crippen LogP contribution is 2.19. The molecule has 1 N–H and O–H groups in total. The first-order valence-corrected chi connectivity index (χ1v) is 11.1. The summed E-state index contributed by atoms with van der Waals surface area (Å²) in [5.41, 5.74) is 0.542. The third-order valence-electron chi connectivity index (χ3n) is 5.04. The summed E-state index contributed by atoms with van der Waals surface area (Å²) >= 11 is 0. The van der Waals surface area contributed by atoms with Gasteiger partial charge in [-0.25, -0.2) is 0 Å². The Labute approximate surface area is 197 Å². The molecule has 2 amide bonds. The van der Waals surface area contributed by atoms with Crippen LogP contribution in [0.2, 0.25) is 0 Å². The van der Waals surface area contributed by atoms with Gasteiger partial charge in [0.1, 0.15) is 23.3 Å². The van der Waals surface area contributed by atoms with Gasteiger partial charge in [0, 0.05) is 18.5 Å². The second kappa shape index (κ2) is 12.1. The molecule has 7 nitrogen and oxygen atoms in total. The number of nitrogens with one attached hydrogen (secondary N) is 1. The van der Waals surface area contributed by atoms with Gasteiger partial charge >= 0.3 is 0 Å². The van der Waals surface area contributed by atoms with Crippen molar-refractivity contribution in [2.24, 2.45) is 0 Å². The molecule has 0 saturated carbocycles. The Bertz CT molecular complexity index is 888. The van der Waals surface area contributed by atoms with E-state index in [2.05, 4.69) is 5.32 Å². The van der Waals surface area contributed by atoms with Crippen LogP contribution in [-0.2, 0) is 16.1 Å². The van der Waals surface area contributed by atoms with Gasteiger partial charge in [-0.3, -0.25) is 9.59 Å². The molecule has 0 saturated heterocycles. The number of amides is 2. The predicted octanol–water partition coefficient (Wildman–Crippen LogP) is 4.19. The standard InChI is InChI=1S/C26H36N2O5/c1-19(25(30)27-26(2,3)4)28(18-20-9-11-21(31-5)12-10-20)24(29)8-7-17-33-23-15-13-22(32-6)14-16-23/h9-16,19H,7-8,17-18H2,1-6H3,(H,27,30)/t19-/m0/s1. The van der Waals surface area contributed by atoms with Crippen LogP contribution in [0.5, 0.6) is 17.2 Å². The normalized spacial score (nSPS) is 11.9. The number of carbonyl (C=O) groups excluding carboxylic acids is 2. The largest absolute Gasteiger partial charge is 0.497 e. The van der Waals surface area contributed by atoms with E-state index in [4.69, 9.17) is 14.2 Å². The number of hydrogen-bond donors (Lipinski definition) is 1. The first-order valence-electron chi connectivity index (χ1n) is 11.1. The fourth-order valence-electron chi connectivity index (χ4n) is 3.21. The lowest BCUT2D eigenvalue weighted by molar-refractivity contribution is -0.141. The monoisotopic (exact) mass is 456 g/mol. The highest BCUT2D eigenvalue weighted by atomic mass is 16.5. The number of carbonyl (C=O) groups is 2. The summed E-state index contributed by atoms with van der Waals surface area (Å²) in [6.07, 6.45) is 0.817.